The summed E-state index contributed by atoms with van der Waals surface area (Å²) in [5, 5.41) is 16.2. The molecule has 4 N–H and O–H groups in total. The van der Waals surface area contributed by atoms with Gasteiger partial charge in [0.05, 0.1) is 0 Å². The van der Waals surface area contributed by atoms with E-state index in [2.05, 4.69) is 16.0 Å². The van der Waals surface area contributed by atoms with Gasteiger partial charge in [0.15, 0.2) is 0 Å². The first-order valence-corrected chi connectivity index (χ1v) is 6.04. The highest BCUT2D eigenvalue weighted by Crippen LogP contribution is 2.18. The SMILES string of the molecule is CC[C@H](NC(=O)NC(C)C(=O)NC1CC1)C(=O)O. The molecule has 0 spiro atoms. The van der Waals surface area contributed by atoms with Crippen LogP contribution in [0.5, 0.6) is 0 Å². The first-order valence-electron chi connectivity index (χ1n) is 6.04. The topological polar surface area (TPSA) is 108 Å². The van der Waals surface area contributed by atoms with Gasteiger partial charge in [-0.05, 0) is 26.2 Å². The van der Waals surface area contributed by atoms with Gasteiger partial charge >= 0.3 is 12.0 Å². The van der Waals surface area contributed by atoms with E-state index in [4.69, 9.17) is 5.11 Å². The molecule has 7 heteroatoms. The quantitative estimate of drug-likeness (QED) is 0.529. The first kappa shape index (κ1) is 14.3. The van der Waals surface area contributed by atoms with Gasteiger partial charge in [0, 0.05) is 6.04 Å². The van der Waals surface area contributed by atoms with Gasteiger partial charge in [-0.15, -0.1) is 0 Å². The average molecular weight is 257 g/mol. The standard InChI is InChI=1S/C11H19N3O4/c1-3-8(10(16)17)14-11(18)12-6(2)9(15)13-7-4-5-7/h6-8H,3-5H2,1-2H3,(H,13,15)(H,16,17)(H2,12,14,18)/t6?,8-/m0/s1. The zero-order valence-corrected chi connectivity index (χ0v) is 10.5. The monoisotopic (exact) mass is 257 g/mol. The lowest BCUT2D eigenvalue weighted by Crippen LogP contribution is -2.52. The molecular formula is C11H19N3O4. The average Bonchev–Trinajstić information content (AvgIpc) is 3.09. The van der Waals surface area contributed by atoms with Crippen molar-refractivity contribution >= 4 is 17.9 Å². The van der Waals surface area contributed by atoms with Gasteiger partial charge < -0.3 is 21.1 Å². The number of carbonyl (C=O) groups excluding carboxylic acids is 2. The second-order valence-corrected chi connectivity index (χ2v) is 4.42. The van der Waals surface area contributed by atoms with Crippen LogP contribution in [0.3, 0.4) is 0 Å². The summed E-state index contributed by atoms with van der Waals surface area (Å²) in [4.78, 5) is 33.7. The summed E-state index contributed by atoms with van der Waals surface area (Å²) in [6.07, 6.45) is 2.23. The molecule has 1 aliphatic carbocycles. The fourth-order valence-electron chi connectivity index (χ4n) is 1.35. The number of carboxylic acids is 1. The summed E-state index contributed by atoms with van der Waals surface area (Å²) in [6, 6.07) is -2.05. The molecule has 0 aromatic heterocycles. The Hall–Kier alpha value is -1.79. The van der Waals surface area contributed by atoms with Crippen molar-refractivity contribution in [3.63, 3.8) is 0 Å². The predicted octanol–water partition coefficient (Wildman–Crippen LogP) is -0.184. The normalized spacial score (nSPS) is 17.4. The lowest BCUT2D eigenvalue weighted by atomic mass is 10.2. The van der Waals surface area contributed by atoms with Crippen LogP contribution in [-0.4, -0.2) is 41.1 Å². The Bertz CT molecular complexity index is 341. The molecule has 0 aliphatic heterocycles. The van der Waals surface area contributed by atoms with Crippen molar-refractivity contribution in [3.8, 4) is 0 Å². The summed E-state index contributed by atoms with van der Waals surface area (Å²) >= 11 is 0. The Morgan fingerprint density at radius 3 is 2.33 bits per heavy atom. The third-order valence-corrected chi connectivity index (χ3v) is 2.68. The Kier molecular flexibility index (Phi) is 4.94. The second kappa shape index (κ2) is 6.23. The van der Waals surface area contributed by atoms with Gasteiger partial charge in [-0.3, -0.25) is 4.79 Å². The number of aliphatic carboxylic acids is 1. The molecular weight excluding hydrogens is 238 g/mol. The van der Waals surface area contributed by atoms with E-state index < -0.39 is 24.1 Å². The van der Waals surface area contributed by atoms with Crippen molar-refractivity contribution in [2.45, 2.75) is 51.2 Å². The van der Waals surface area contributed by atoms with E-state index in [1.807, 2.05) is 0 Å². The Morgan fingerprint density at radius 2 is 1.89 bits per heavy atom. The van der Waals surface area contributed by atoms with Crippen molar-refractivity contribution in [1.29, 1.82) is 0 Å². The van der Waals surface area contributed by atoms with Crippen LogP contribution in [-0.2, 0) is 9.59 Å². The van der Waals surface area contributed by atoms with Crippen LogP contribution in [0.1, 0.15) is 33.1 Å². The van der Waals surface area contributed by atoms with Crippen molar-refractivity contribution in [2.75, 3.05) is 0 Å². The maximum absolute atomic E-state index is 11.5. The van der Waals surface area contributed by atoms with E-state index in [-0.39, 0.29) is 18.4 Å². The van der Waals surface area contributed by atoms with Crippen LogP contribution in [0.2, 0.25) is 0 Å². The molecule has 0 aromatic carbocycles. The number of carboxylic acid groups (broad SMARTS) is 1. The number of amides is 3. The third kappa shape index (κ3) is 4.60. The molecule has 1 fully saturated rings. The zero-order chi connectivity index (χ0) is 13.7. The van der Waals surface area contributed by atoms with Crippen LogP contribution in [0.15, 0.2) is 0 Å². The van der Waals surface area contributed by atoms with Gasteiger partial charge in [-0.2, -0.15) is 0 Å². The molecule has 102 valence electrons. The molecule has 1 saturated carbocycles. The van der Waals surface area contributed by atoms with Crippen molar-refractivity contribution in [3.05, 3.63) is 0 Å². The number of urea groups is 1. The van der Waals surface area contributed by atoms with E-state index in [1.165, 1.54) is 0 Å². The first-order chi connectivity index (χ1) is 8.43. The summed E-state index contributed by atoms with van der Waals surface area (Å²) in [5.41, 5.74) is 0. The minimum Gasteiger partial charge on any atom is -0.480 e. The third-order valence-electron chi connectivity index (χ3n) is 2.68. The van der Waals surface area contributed by atoms with Crippen molar-refractivity contribution < 1.29 is 19.5 Å². The molecule has 2 atom stereocenters. The van der Waals surface area contributed by atoms with Gasteiger partial charge in [0.1, 0.15) is 12.1 Å². The van der Waals surface area contributed by atoms with Gasteiger partial charge in [-0.25, -0.2) is 9.59 Å². The maximum atomic E-state index is 11.5. The Labute approximate surface area is 105 Å². The smallest absolute Gasteiger partial charge is 0.326 e. The highest BCUT2D eigenvalue weighted by Gasteiger charge is 2.26. The summed E-state index contributed by atoms with van der Waals surface area (Å²) in [5.74, 6) is -1.35. The number of rotatable bonds is 6. The number of nitrogens with one attached hydrogen (secondary N) is 3. The van der Waals surface area contributed by atoms with E-state index >= 15 is 0 Å². The predicted molar refractivity (Wildman–Crippen MR) is 64.0 cm³/mol. The highest BCUT2D eigenvalue weighted by molar-refractivity contribution is 5.88. The van der Waals surface area contributed by atoms with Gasteiger partial charge in [0.2, 0.25) is 5.91 Å². The van der Waals surface area contributed by atoms with Gasteiger partial charge in [0.25, 0.3) is 0 Å². The number of hydrogen-bond acceptors (Lipinski definition) is 3. The van der Waals surface area contributed by atoms with Crippen molar-refractivity contribution in [1.82, 2.24) is 16.0 Å². The molecule has 0 heterocycles. The van der Waals surface area contributed by atoms with Crippen LogP contribution >= 0.6 is 0 Å². The molecule has 0 radical (unpaired) electrons. The lowest BCUT2D eigenvalue weighted by molar-refractivity contribution is -0.139. The van der Waals surface area contributed by atoms with Crippen LogP contribution in [0, 0.1) is 0 Å². The van der Waals surface area contributed by atoms with Gasteiger partial charge in [-0.1, -0.05) is 6.92 Å². The fraction of sp³-hybridized carbons (Fsp3) is 0.727. The molecule has 3 amide bonds. The maximum Gasteiger partial charge on any atom is 0.326 e. The lowest BCUT2D eigenvalue weighted by Gasteiger charge is -2.17. The fourth-order valence-corrected chi connectivity index (χ4v) is 1.35. The van der Waals surface area contributed by atoms with Crippen molar-refractivity contribution in [2.24, 2.45) is 0 Å². The summed E-state index contributed by atoms with van der Waals surface area (Å²) in [6.45, 7) is 3.21. The zero-order valence-electron chi connectivity index (χ0n) is 10.5. The molecule has 1 aliphatic rings. The second-order valence-electron chi connectivity index (χ2n) is 4.42. The molecule has 0 aromatic rings. The van der Waals surface area contributed by atoms with E-state index in [0.717, 1.165) is 12.8 Å². The molecule has 0 saturated heterocycles. The van der Waals surface area contributed by atoms with Crippen LogP contribution in [0.25, 0.3) is 0 Å². The Morgan fingerprint density at radius 1 is 1.28 bits per heavy atom. The minimum absolute atomic E-state index is 0.229. The number of hydrogen-bond donors (Lipinski definition) is 4. The summed E-state index contributed by atoms with van der Waals surface area (Å²) in [7, 11) is 0. The van der Waals surface area contributed by atoms with E-state index in [9.17, 15) is 14.4 Å². The van der Waals surface area contributed by atoms with Crippen LogP contribution < -0.4 is 16.0 Å². The number of carbonyl (C=O) groups is 3. The summed E-state index contributed by atoms with van der Waals surface area (Å²) < 4.78 is 0. The molecule has 7 nitrogen and oxygen atoms in total. The van der Waals surface area contributed by atoms with E-state index in [1.54, 1.807) is 13.8 Å². The van der Waals surface area contributed by atoms with Crippen LogP contribution in [0.4, 0.5) is 4.79 Å². The minimum atomic E-state index is -1.09. The van der Waals surface area contributed by atoms with E-state index in [0.29, 0.717) is 0 Å². The largest absolute Gasteiger partial charge is 0.480 e. The molecule has 1 unspecified atom stereocenters. The molecule has 0 bridgehead atoms. The highest BCUT2D eigenvalue weighted by atomic mass is 16.4. The molecule has 1 rings (SSSR count). The molecule has 18 heavy (non-hydrogen) atoms. The Balaban J connectivity index is 2.33.